The molecule has 0 atom stereocenters. The quantitative estimate of drug-likeness (QED) is 0.467. The molecule has 0 aliphatic rings. The summed E-state index contributed by atoms with van der Waals surface area (Å²) in [6.07, 6.45) is 1.54. The molecule has 0 spiro atoms. The van der Waals surface area contributed by atoms with Crippen LogP contribution in [0.2, 0.25) is 5.02 Å². The predicted molar refractivity (Wildman–Crippen MR) is 110 cm³/mol. The van der Waals surface area contributed by atoms with Crippen LogP contribution in [0.1, 0.15) is 21.5 Å². The number of hydrogen-bond acceptors (Lipinski definition) is 4. The van der Waals surface area contributed by atoms with E-state index >= 15 is 0 Å². The molecule has 3 aromatic carbocycles. The van der Waals surface area contributed by atoms with Crippen molar-refractivity contribution in [2.45, 2.75) is 6.61 Å². The Morgan fingerprint density at radius 2 is 1.82 bits per heavy atom. The summed E-state index contributed by atoms with van der Waals surface area (Å²) >= 11 is 5.91. The monoisotopic (exact) mass is 394 g/mol. The lowest BCUT2D eigenvalue weighted by Crippen LogP contribution is -2.17. The highest BCUT2D eigenvalue weighted by Crippen LogP contribution is 2.17. The van der Waals surface area contributed by atoms with Crippen LogP contribution < -0.4 is 14.9 Å². The van der Waals surface area contributed by atoms with E-state index in [-0.39, 0.29) is 5.91 Å². The number of hydrogen-bond donors (Lipinski definition) is 1. The van der Waals surface area contributed by atoms with Crippen LogP contribution in [0.25, 0.3) is 0 Å². The van der Waals surface area contributed by atoms with Crippen LogP contribution in [-0.4, -0.2) is 19.2 Å². The van der Waals surface area contributed by atoms with Crippen LogP contribution in [0.3, 0.4) is 0 Å². The van der Waals surface area contributed by atoms with Gasteiger partial charge in [0.2, 0.25) is 0 Å². The normalized spacial score (nSPS) is 10.6. The van der Waals surface area contributed by atoms with Crippen molar-refractivity contribution in [1.82, 2.24) is 5.43 Å². The predicted octanol–water partition coefficient (Wildman–Crippen LogP) is 4.69. The van der Waals surface area contributed by atoms with Gasteiger partial charge in [0.25, 0.3) is 5.91 Å². The standard InChI is InChI=1S/C22H19ClN2O3/c1-27-21-7-3-5-17(13-21)15-28-20-10-8-18(9-11-20)22(26)25-24-14-16-4-2-6-19(23)12-16/h2-14H,15H2,1H3,(H,25,26)/b24-14-. The Labute approximate surface area is 168 Å². The van der Waals surface area contributed by atoms with Crippen LogP contribution in [0.5, 0.6) is 11.5 Å². The van der Waals surface area contributed by atoms with Crippen LogP contribution >= 0.6 is 11.6 Å². The summed E-state index contributed by atoms with van der Waals surface area (Å²) in [6, 6.07) is 21.7. The number of nitrogens with one attached hydrogen (secondary N) is 1. The maximum atomic E-state index is 12.2. The first kappa shape index (κ1) is 19.5. The van der Waals surface area contributed by atoms with Crippen molar-refractivity contribution >= 4 is 23.7 Å². The third kappa shape index (κ3) is 5.59. The van der Waals surface area contributed by atoms with Crippen LogP contribution in [0.4, 0.5) is 0 Å². The third-order valence-corrected chi connectivity index (χ3v) is 4.12. The highest BCUT2D eigenvalue weighted by molar-refractivity contribution is 6.30. The summed E-state index contributed by atoms with van der Waals surface area (Å²) < 4.78 is 10.9. The molecule has 0 heterocycles. The molecule has 1 N–H and O–H groups in total. The second-order valence-electron chi connectivity index (χ2n) is 5.92. The first-order chi connectivity index (χ1) is 13.6. The zero-order chi connectivity index (χ0) is 19.8. The van der Waals surface area contributed by atoms with E-state index in [0.717, 1.165) is 16.9 Å². The Morgan fingerprint density at radius 1 is 1.04 bits per heavy atom. The minimum absolute atomic E-state index is 0.308. The van der Waals surface area contributed by atoms with Gasteiger partial charge in [-0.25, -0.2) is 5.43 Å². The van der Waals surface area contributed by atoms with E-state index in [0.29, 0.717) is 22.9 Å². The molecule has 0 radical (unpaired) electrons. The molecule has 0 saturated carbocycles. The number of ether oxygens (including phenoxy) is 2. The minimum Gasteiger partial charge on any atom is -0.497 e. The molecule has 0 fully saturated rings. The Bertz CT molecular complexity index is 972. The van der Waals surface area contributed by atoms with Crippen LogP contribution in [-0.2, 0) is 6.61 Å². The molecule has 0 bridgehead atoms. The fraction of sp³-hybridized carbons (Fsp3) is 0.0909. The summed E-state index contributed by atoms with van der Waals surface area (Å²) in [6.45, 7) is 0.409. The minimum atomic E-state index is -0.308. The average molecular weight is 395 g/mol. The zero-order valence-corrected chi connectivity index (χ0v) is 16.0. The van der Waals surface area contributed by atoms with Crippen molar-refractivity contribution < 1.29 is 14.3 Å². The smallest absolute Gasteiger partial charge is 0.271 e. The molecule has 0 aromatic heterocycles. The van der Waals surface area contributed by atoms with Gasteiger partial charge in [-0.2, -0.15) is 5.10 Å². The molecular weight excluding hydrogens is 376 g/mol. The lowest BCUT2D eigenvalue weighted by molar-refractivity contribution is 0.0955. The lowest BCUT2D eigenvalue weighted by atomic mass is 10.2. The fourth-order valence-electron chi connectivity index (χ4n) is 2.45. The number of carbonyl (C=O) groups is 1. The number of carbonyl (C=O) groups excluding carboxylic acids is 1. The number of benzene rings is 3. The number of methoxy groups -OCH3 is 1. The second kappa shape index (κ2) is 9.58. The molecular formula is C22H19ClN2O3. The van der Waals surface area contributed by atoms with Gasteiger partial charge in [0.15, 0.2) is 0 Å². The zero-order valence-electron chi connectivity index (χ0n) is 15.3. The number of hydrazone groups is 1. The highest BCUT2D eigenvalue weighted by Gasteiger charge is 2.05. The van der Waals surface area contributed by atoms with E-state index in [2.05, 4.69) is 10.5 Å². The molecule has 142 valence electrons. The van der Waals surface area contributed by atoms with E-state index < -0.39 is 0 Å². The van der Waals surface area contributed by atoms with Gasteiger partial charge in [-0.15, -0.1) is 0 Å². The summed E-state index contributed by atoms with van der Waals surface area (Å²) in [4.78, 5) is 12.2. The topological polar surface area (TPSA) is 59.9 Å². The summed E-state index contributed by atoms with van der Waals surface area (Å²) in [5, 5.41) is 4.56. The fourth-order valence-corrected chi connectivity index (χ4v) is 2.65. The van der Waals surface area contributed by atoms with Crippen LogP contribution in [0.15, 0.2) is 77.9 Å². The van der Waals surface area contributed by atoms with Crippen molar-refractivity contribution in [2.24, 2.45) is 5.10 Å². The first-order valence-corrected chi connectivity index (χ1v) is 8.96. The molecule has 3 aromatic rings. The molecule has 28 heavy (non-hydrogen) atoms. The Balaban J connectivity index is 1.53. The maximum absolute atomic E-state index is 12.2. The van der Waals surface area contributed by atoms with Gasteiger partial charge in [-0.3, -0.25) is 4.79 Å². The number of rotatable bonds is 7. The molecule has 3 rings (SSSR count). The SMILES string of the molecule is COc1cccc(COc2ccc(C(=O)N/N=C\c3cccc(Cl)c3)cc2)c1. The van der Waals surface area contributed by atoms with Crippen molar-refractivity contribution in [3.05, 3.63) is 94.5 Å². The van der Waals surface area contributed by atoms with Gasteiger partial charge >= 0.3 is 0 Å². The molecule has 0 unspecified atom stereocenters. The number of nitrogens with zero attached hydrogens (tertiary/aromatic N) is 1. The first-order valence-electron chi connectivity index (χ1n) is 8.59. The average Bonchev–Trinajstić information content (AvgIpc) is 2.73. The molecule has 0 saturated heterocycles. The number of amides is 1. The largest absolute Gasteiger partial charge is 0.497 e. The van der Waals surface area contributed by atoms with Gasteiger partial charge in [0, 0.05) is 10.6 Å². The van der Waals surface area contributed by atoms with Gasteiger partial charge in [-0.1, -0.05) is 35.9 Å². The molecule has 0 aliphatic heterocycles. The highest BCUT2D eigenvalue weighted by atomic mass is 35.5. The van der Waals surface area contributed by atoms with E-state index in [1.807, 2.05) is 36.4 Å². The molecule has 0 aliphatic carbocycles. The number of halogens is 1. The van der Waals surface area contributed by atoms with Crippen LogP contribution in [0, 0.1) is 0 Å². The Kier molecular flexibility index (Phi) is 6.65. The van der Waals surface area contributed by atoms with E-state index in [4.69, 9.17) is 21.1 Å². The van der Waals surface area contributed by atoms with Gasteiger partial charge in [-0.05, 0) is 59.7 Å². The van der Waals surface area contributed by atoms with Gasteiger partial charge in [0.05, 0.1) is 13.3 Å². The van der Waals surface area contributed by atoms with Crippen molar-refractivity contribution in [3.63, 3.8) is 0 Å². The third-order valence-electron chi connectivity index (χ3n) is 3.88. The second-order valence-corrected chi connectivity index (χ2v) is 6.36. The summed E-state index contributed by atoms with van der Waals surface area (Å²) in [7, 11) is 1.63. The Hall–Kier alpha value is -3.31. The van der Waals surface area contributed by atoms with Gasteiger partial charge in [0.1, 0.15) is 18.1 Å². The lowest BCUT2D eigenvalue weighted by Gasteiger charge is -2.08. The van der Waals surface area contributed by atoms with E-state index in [9.17, 15) is 4.79 Å². The summed E-state index contributed by atoms with van der Waals surface area (Å²) in [5.41, 5.74) is 4.77. The molecule has 5 nitrogen and oxygen atoms in total. The van der Waals surface area contributed by atoms with Gasteiger partial charge < -0.3 is 9.47 Å². The van der Waals surface area contributed by atoms with Crippen molar-refractivity contribution in [3.8, 4) is 11.5 Å². The van der Waals surface area contributed by atoms with Crippen molar-refractivity contribution in [1.29, 1.82) is 0 Å². The summed E-state index contributed by atoms with van der Waals surface area (Å²) in [5.74, 6) is 1.14. The Morgan fingerprint density at radius 3 is 2.57 bits per heavy atom. The van der Waals surface area contributed by atoms with E-state index in [1.54, 1.807) is 43.5 Å². The maximum Gasteiger partial charge on any atom is 0.271 e. The van der Waals surface area contributed by atoms with Crippen molar-refractivity contribution in [2.75, 3.05) is 7.11 Å². The molecule has 6 heteroatoms. The van der Waals surface area contributed by atoms with E-state index in [1.165, 1.54) is 6.21 Å². The molecule has 1 amide bonds.